The molecule has 1 heterocycles. The quantitative estimate of drug-likeness (QED) is 0.614. The van der Waals surface area contributed by atoms with E-state index in [-0.39, 0.29) is 17.1 Å². The van der Waals surface area contributed by atoms with Crippen molar-refractivity contribution in [2.45, 2.75) is 58.2 Å². The Balaban J connectivity index is 2.04. The van der Waals surface area contributed by atoms with Gasteiger partial charge in [-0.15, -0.1) is 0 Å². The number of carboxylic acids is 1. The van der Waals surface area contributed by atoms with Gasteiger partial charge in [0.25, 0.3) is 0 Å². The predicted octanol–water partition coefficient (Wildman–Crippen LogP) is 2.63. The third kappa shape index (κ3) is 5.44. The summed E-state index contributed by atoms with van der Waals surface area (Å²) in [4.78, 5) is 32.2. The van der Waals surface area contributed by atoms with E-state index < -0.39 is 23.4 Å². The number of carbonyl (C=O) groups is 2. The van der Waals surface area contributed by atoms with E-state index in [1.807, 2.05) is 0 Å². The van der Waals surface area contributed by atoms with Gasteiger partial charge in [0.15, 0.2) is 0 Å². The van der Waals surface area contributed by atoms with Crippen LogP contribution in [0.3, 0.4) is 0 Å². The van der Waals surface area contributed by atoms with Crippen molar-refractivity contribution in [2.24, 2.45) is 5.16 Å². The topological polar surface area (TPSA) is 123 Å². The molecule has 132 valence electrons. The summed E-state index contributed by atoms with van der Waals surface area (Å²) < 4.78 is 8.99. The lowest BCUT2D eigenvalue weighted by Crippen LogP contribution is -2.27. The summed E-state index contributed by atoms with van der Waals surface area (Å²) in [7, 11) is 0. The van der Waals surface area contributed by atoms with Crippen molar-refractivity contribution >= 4 is 34.4 Å². The molecule has 0 bridgehead atoms. The van der Waals surface area contributed by atoms with Crippen molar-refractivity contribution in [2.75, 3.05) is 5.32 Å². The molecular weight excluding hydrogens is 336 g/mol. The Morgan fingerprint density at radius 1 is 1.33 bits per heavy atom. The number of hydrogen-bond donors (Lipinski definition) is 2. The molecule has 1 aromatic heterocycles. The monoisotopic (exact) mass is 356 g/mol. The van der Waals surface area contributed by atoms with Crippen LogP contribution in [0.5, 0.6) is 0 Å². The summed E-state index contributed by atoms with van der Waals surface area (Å²) in [5.41, 5.74) is -1.05. The molecule has 1 aliphatic carbocycles. The molecule has 2 rings (SSSR count). The summed E-state index contributed by atoms with van der Waals surface area (Å²) in [6.45, 7) is 5.19. The average Bonchev–Trinajstić information content (AvgIpc) is 3.08. The van der Waals surface area contributed by atoms with E-state index in [4.69, 9.17) is 9.57 Å². The zero-order valence-corrected chi connectivity index (χ0v) is 14.6. The van der Waals surface area contributed by atoms with Gasteiger partial charge in [-0.05, 0) is 46.5 Å². The molecule has 1 fully saturated rings. The van der Waals surface area contributed by atoms with E-state index in [9.17, 15) is 14.7 Å². The maximum absolute atomic E-state index is 11.7. The van der Waals surface area contributed by atoms with Crippen LogP contribution in [0, 0.1) is 0 Å². The number of hydrogen-bond acceptors (Lipinski definition) is 8. The van der Waals surface area contributed by atoms with Crippen LogP contribution in [0.4, 0.5) is 9.93 Å². The van der Waals surface area contributed by atoms with E-state index in [2.05, 4.69) is 19.8 Å². The first-order valence-corrected chi connectivity index (χ1v) is 8.33. The highest BCUT2D eigenvalue weighted by molar-refractivity contribution is 7.10. The molecule has 0 aromatic carbocycles. The van der Waals surface area contributed by atoms with Gasteiger partial charge in [0.1, 0.15) is 11.7 Å². The minimum atomic E-state index is -1.30. The molecule has 0 spiro atoms. The second-order valence-electron chi connectivity index (χ2n) is 6.31. The highest BCUT2D eigenvalue weighted by Crippen LogP contribution is 2.21. The molecule has 1 amide bonds. The summed E-state index contributed by atoms with van der Waals surface area (Å²) in [5, 5.41) is 15.5. The number of ether oxygens (including phenoxy) is 1. The number of carbonyl (C=O) groups excluding carboxylic acids is 1. The first-order chi connectivity index (χ1) is 11.2. The van der Waals surface area contributed by atoms with Crippen molar-refractivity contribution in [3.8, 4) is 0 Å². The van der Waals surface area contributed by atoms with Gasteiger partial charge in [-0.2, -0.15) is 9.36 Å². The zero-order valence-electron chi connectivity index (χ0n) is 13.7. The standard InChI is InChI=1S/C14H20N4O5S/c1-14(2,3)22-13(21)16-12-15-10(18-24-12)9(11(19)20)17-23-8-6-4-5-7-8/h8H,4-7H2,1-3H3,(H,19,20)(H,15,16,18,21). The van der Waals surface area contributed by atoms with Crippen molar-refractivity contribution in [3.63, 3.8) is 0 Å². The first kappa shape index (κ1) is 18.1. The minimum Gasteiger partial charge on any atom is -0.476 e. The Bertz CT molecular complexity index is 631. The summed E-state index contributed by atoms with van der Waals surface area (Å²) in [5.74, 6) is -1.41. The van der Waals surface area contributed by atoms with Gasteiger partial charge >= 0.3 is 12.1 Å². The number of carboxylic acid groups (broad SMARTS) is 1. The fraction of sp³-hybridized carbons (Fsp3) is 0.643. The lowest BCUT2D eigenvalue weighted by Gasteiger charge is -2.18. The molecule has 0 unspecified atom stereocenters. The molecule has 9 nitrogen and oxygen atoms in total. The Morgan fingerprint density at radius 2 is 2.00 bits per heavy atom. The second-order valence-corrected chi connectivity index (χ2v) is 7.06. The van der Waals surface area contributed by atoms with Crippen molar-refractivity contribution in [3.05, 3.63) is 5.82 Å². The highest BCUT2D eigenvalue weighted by Gasteiger charge is 2.23. The molecule has 2 N–H and O–H groups in total. The van der Waals surface area contributed by atoms with Crippen LogP contribution in [0.2, 0.25) is 0 Å². The third-order valence-corrected chi connectivity index (χ3v) is 3.67. The smallest absolute Gasteiger partial charge is 0.414 e. The van der Waals surface area contributed by atoms with E-state index >= 15 is 0 Å². The molecule has 0 atom stereocenters. The van der Waals surface area contributed by atoms with Gasteiger partial charge < -0.3 is 14.7 Å². The second kappa shape index (κ2) is 7.56. The summed E-state index contributed by atoms with van der Waals surface area (Å²) >= 11 is 0.835. The van der Waals surface area contributed by atoms with Crippen LogP contribution in [0.25, 0.3) is 0 Å². The van der Waals surface area contributed by atoms with Crippen LogP contribution < -0.4 is 5.32 Å². The van der Waals surface area contributed by atoms with Crippen LogP contribution in [0.15, 0.2) is 5.16 Å². The van der Waals surface area contributed by atoms with Gasteiger partial charge in [-0.25, -0.2) is 9.59 Å². The molecule has 0 radical (unpaired) electrons. The van der Waals surface area contributed by atoms with Gasteiger partial charge in [-0.3, -0.25) is 5.32 Å². The lowest BCUT2D eigenvalue weighted by atomic mass is 10.2. The van der Waals surface area contributed by atoms with Gasteiger partial charge in [0, 0.05) is 11.5 Å². The Hall–Kier alpha value is -2.23. The van der Waals surface area contributed by atoms with Gasteiger partial charge in [0.05, 0.1) is 0 Å². The van der Waals surface area contributed by atoms with Gasteiger partial charge in [0.2, 0.25) is 16.7 Å². The van der Waals surface area contributed by atoms with Crippen LogP contribution in [-0.2, 0) is 14.4 Å². The van der Waals surface area contributed by atoms with E-state index in [0.29, 0.717) is 0 Å². The average molecular weight is 356 g/mol. The molecule has 10 heteroatoms. The normalized spacial score (nSPS) is 16.0. The SMILES string of the molecule is CC(C)(C)OC(=O)Nc1nc(C(=NOC2CCCC2)C(=O)O)ns1. The van der Waals surface area contributed by atoms with E-state index in [0.717, 1.165) is 37.2 Å². The number of nitrogens with zero attached hydrogens (tertiary/aromatic N) is 3. The Kier molecular flexibility index (Phi) is 5.71. The van der Waals surface area contributed by atoms with Crippen LogP contribution in [0.1, 0.15) is 52.3 Å². The van der Waals surface area contributed by atoms with Crippen LogP contribution >= 0.6 is 11.5 Å². The number of aromatic nitrogens is 2. The Morgan fingerprint density at radius 3 is 2.58 bits per heavy atom. The van der Waals surface area contributed by atoms with Crippen molar-refractivity contribution in [1.82, 2.24) is 9.36 Å². The first-order valence-electron chi connectivity index (χ1n) is 7.56. The molecule has 0 aliphatic heterocycles. The maximum Gasteiger partial charge on any atom is 0.414 e. The third-order valence-electron chi connectivity index (χ3n) is 3.04. The van der Waals surface area contributed by atoms with Crippen LogP contribution in [-0.4, -0.2) is 43.9 Å². The number of aliphatic carboxylic acids is 1. The van der Waals surface area contributed by atoms with Crippen molar-refractivity contribution < 1.29 is 24.3 Å². The number of rotatable bonds is 5. The van der Waals surface area contributed by atoms with Gasteiger partial charge in [-0.1, -0.05) is 5.16 Å². The Labute approximate surface area is 143 Å². The number of oxime groups is 1. The largest absolute Gasteiger partial charge is 0.476 e. The number of amides is 1. The highest BCUT2D eigenvalue weighted by atomic mass is 32.1. The minimum absolute atomic E-state index is 0.0719. The summed E-state index contributed by atoms with van der Waals surface area (Å²) in [6.07, 6.45) is 3.03. The maximum atomic E-state index is 11.7. The number of nitrogens with one attached hydrogen (secondary N) is 1. The predicted molar refractivity (Wildman–Crippen MR) is 87.3 cm³/mol. The molecule has 0 saturated heterocycles. The lowest BCUT2D eigenvalue weighted by molar-refractivity contribution is -0.129. The molecule has 1 saturated carbocycles. The molecule has 24 heavy (non-hydrogen) atoms. The fourth-order valence-electron chi connectivity index (χ4n) is 2.06. The number of anilines is 1. The van der Waals surface area contributed by atoms with E-state index in [1.165, 1.54) is 0 Å². The molecule has 1 aliphatic rings. The van der Waals surface area contributed by atoms with E-state index in [1.54, 1.807) is 20.8 Å². The fourth-order valence-corrected chi connectivity index (χ4v) is 2.61. The summed E-state index contributed by atoms with van der Waals surface area (Å²) in [6, 6.07) is 0. The molecular formula is C14H20N4O5S. The molecule has 1 aromatic rings. The van der Waals surface area contributed by atoms with Crippen molar-refractivity contribution in [1.29, 1.82) is 0 Å². The zero-order chi connectivity index (χ0) is 17.7.